The zero-order valence-electron chi connectivity index (χ0n) is 16.0. The summed E-state index contributed by atoms with van der Waals surface area (Å²) in [5.74, 6) is 0.621. The second-order valence-electron chi connectivity index (χ2n) is 7.21. The van der Waals surface area contributed by atoms with Crippen molar-refractivity contribution in [2.24, 2.45) is 0 Å². The molecule has 0 unspecified atom stereocenters. The van der Waals surface area contributed by atoms with Crippen molar-refractivity contribution in [3.05, 3.63) is 83.0 Å². The number of nitrogens with two attached hydrogens (primary N) is 1. The van der Waals surface area contributed by atoms with Crippen LogP contribution < -0.4 is 5.73 Å². The summed E-state index contributed by atoms with van der Waals surface area (Å²) in [6, 6.07) is 18.2. The first-order valence-corrected chi connectivity index (χ1v) is 9.28. The second-order valence-corrected chi connectivity index (χ2v) is 7.21. The van der Waals surface area contributed by atoms with Gasteiger partial charge in [0.2, 0.25) is 0 Å². The molecule has 0 saturated carbocycles. The van der Waals surface area contributed by atoms with E-state index in [9.17, 15) is 4.79 Å². The van der Waals surface area contributed by atoms with Crippen LogP contribution in [0.3, 0.4) is 0 Å². The predicted octanol–water partition coefficient (Wildman–Crippen LogP) is 3.95. The van der Waals surface area contributed by atoms with Gasteiger partial charge in [-0.3, -0.25) is 4.79 Å². The first kappa shape index (κ1) is 17.9. The van der Waals surface area contributed by atoms with Crippen LogP contribution >= 0.6 is 0 Å². The van der Waals surface area contributed by atoms with Crippen LogP contribution in [0.25, 0.3) is 16.6 Å². The van der Waals surface area contributed by atoms with E-state index < -0.39 is 0 Å². The number of hydrogen-bond acceptors (Lipinski definition) is 4. The number of nitrogens with zero attached hydrogens (tertiary/aromatic N) is 3. The van der Waals surface area contributed by atoms with E-state index in [0.717, 1.165) is 33.3 Å². The highest BCUT2D eigenvalue weighted by molar-refractivity contribution is 5.87. The van der Waals surface area contributed by atoms with Gasteiger partial charge in [-0.05, 0) is 42.2 Å². The highest BCUT2D eigenvalue weighted by atomic mass is 16.1. The predicted molar refractivity (Wildman–Crippen MR) is 111 cm³/mol. The molecule has 0 radical (unpaired) electrons. The summed E-state index contributed by atoms with van der Waals surface area (Å²) in [7, 11) is 0. The molecule has 2 aromatic heterocycles. The van der Waals surface area contributed by atoms with Crippen molar-refractivity contribution >= 4 is 17.1 Å². The maximum atomic E-state index is 12.5. The molecule has 0 saturated heterocycles. The van der Waals surface area contributed by atoms with Gasteiger partial charge in [-0.15, -0.1) is 5.10 Å². The normalized spacial score (nSPS) is 11.1. The maximum Gasteiger partial charge on any atom is 0.174 e. The largest absolute Gasteiger partial charge is 0.380 e. The first-order chi connectivity index (χ1) is 13.5. The number of fused-ring (bicyclic) bond motifs is 1. The number of ketones is 1. The Labute approximate surface area is 163 Å². The number of nitrogen functional groups attached to an aromatic ring is 1. The van der Waals surface area contributed by atoms with Gasteiger partial charge in [0.25, 0.3) is 0 Å². The molecular weight excluding hydrogens is 348 g/mol. The Bertz CT molecular complexity index is 1160. The maximum absolute atomic E-state index is 12.5. The quantitative estimate of drug-likeness (QED) is 0.577. The molecule has 0 spiro atoms. The standard InChI is InChI=1S/C23H22N4O/c1-15-5-6-16(2)19(12-15)14-20(28)13-17-7-9-18(10-8-17)21-4-3-11-27-22(21)23(24)25-26-27/h3-12H,13-14,24H2,1-2H3. The fourth-order valence-corrected chi connectivity index (χ4v) is 3.50. The van der Waals surface area contributed by atoms with Gasteiger partial charge in [-0.2, -0.15) is 0 Å². The highest BCUT2D eigenvalue weighted by Gasteiger charge is 2.11. The van der Waals surface area contributed by atoms with E-state index in [-0.39, 0.29) is 5.78 Å². The van der Waals surface area contributed by atoms with Crippen molar-refractivity contribution in [3.8, 4) is 11.1 Å². The van der Waals surface area contributed by atoms with Crippen LogP contribution in [0.1, 0.15) is 22.3 Å². The number of pyridine rings is 1. The Kier molecular flexibility index (Phi) is 4.65. The van der Waals surface area contributed by atoms with Crippen molar-refractivity contribution in [2.75, 3.05) is 5.73 Å². The summed E-state index contributed by atoms with van der Waals surface area (Å²) in [4.78, 5) is 12.5. The first-order valence-electron chi connectivity index (χ1n) is 9.28. The third-order valence-corrected chi connectivity index (χ3v) is 5.02. The second kappa shape index (κ2) is 7.27. The van der Waals surface area contributed by atoms with E-state index in [2.05, 4.69) is 42.4 Å². The zero-order chi connectivity index (χ0) is 19.7. The van der Waals surface area contributed by atoms with E-state index in [1.54, 1.807) is 4.52 Å². The molecule has 2 N–H and O–H groups in total. The molecule has 4 aromatic rings. The van der Waals surface area contributed by atoms with E-state index in [1.165, 1.54) is 5.56 Å². The lowest BCUT2D eigenvalue weighted by molar-refractivity contribution is -0.117. The minimum atomic E-state index is 0.216. The van der Waals surface area contributed by atoms with Crippen LogP contribution in [0.4, 0.5) is 5.82 Å². The number of aryl methyl sites for hydroxylation is 2. The van der Waals surface area contributed by atoms with Gasteiger partial charge in [-0.1, -0.05) is 59.3 Å². The van der Waals surface area contributed by atoms with Crippen LogP contribution in [0.15, 0.2) is 60.8 Å². The van der Waals surface area contributed by atoms with Crippen LogP contribution in [-0.4, -0.2) is 20.6 Å². The molecule has 0 fully saturated rings. The topological polar surface area (TPSA) is 73.3 Å². The summed E-state index contributed by atoms with van der Waals surface area (Å²) < 4.78 is 1.67. The van der Waals surface area contributed by atoms with E-state index in [1.807, 2.05) is 42.6 Å². The fourth-order valence-electron chi connectivity index (χ4n) is 3.50. The number of carbonyl (C=O) groups is 1. The Morgan fingerprint density at radius 3 is 2.61 bits per heavy atom. The molecule has 4 rings (SSSR count). The Balaban J connectivity index is 1.52. The highest BCUT2D eigenvalue weighted by Crippen LogP contribution is 2.27. The van der Waals surface area contributed by atoms with Crippen molar-refractivity contribution in [2.45, 2.75) is 26.7 Å². The Morgan fingerprint density at radius 1 is 1.04 bits per heavy atom. The van der Waals surface area contributed by atoms with Crippen LogP contribution in [0.2, 0.25) is 0 Å². The molecule has 5 nitrogen and oxygen atoms in total. The molecule has 0 amide bonds. The molecule has 0 bridgehead atoms. The molecular formula is C23H22N4O. The number of benzene rings is 2. The van der Waals surface area contributed by atoms with E-state index in [0.29, 0.717) is 18.7 Å². The third-order valence-electron chi connectivity index (χ3n) is 5.02. The molecule has 0 atom stereocenters. The number of carbonyl (C=O) groups excluding carboxylic acids is 1. The van der Waals surface area contributed by atoms with Gasteiger partial charge in [0.15, 0.2) is 5.82 Å². The fraction of sp³-hybridized carbons (Fsp3) is 0.174. The lowest BCUT2D eigenvalue weighted by atomic mass is 9.97. The van der Waals surface area contributed by atoms with Crippen LogP contribution in [0.5, 0.6) is 0 Å². The van der Waals surface area contributed by atoms with Gasteiger partial charge in [0, 0.05) is 24.6 Å². The molecule has 0 aliphatic carbocycles. The van der Waals surface area contributed by atoms with Gasteiger partial charge < -0.3 is 5.73 Å². The van der Waals surface area contributed by atoms with E-state index >= 15 is 0 Å². The number of anilines is 1. The Hall–Kier alpha value is -3.47. The SMILES string of the molecule is Cc1ccc(C)c(CC(=O)Cc2ccc(-c3cccn4nnc(N)c34)cc2)c1. The van der Waals surface area contributed by atoms with Gasteiger partial charge in [-0.25, -0.2) is 4.52 Å². The molecule has 28 heavy (non-hydrogen) atoms. The monoisotopic (exact) mass is 370 g/mol. The molecule has 0 aliphatic rings. The average Bonchev–Trinajstić information content (AvgIpc) is 3.07. The number of Topliss-reactive ketones (excluding diaryl/α,β-unsaturated/α-hetero) is 1. The minimum Gasteiger partial charge on any atom is -0.380 e. The van der Waals surface area contributed by atoms with Crippen molar-refractivity contribution in [3.63, 3.8) is 0 Å². The van der Waals surface area contributed by atoms with Crippen molar-refractivity contribution in [1.29, 1.82) is 0 Å². The van der Waals surface area contributed by atoms with Gasteiger partial charge in [0.05, 0.1) is 0 Å². The van der Waals surface area contributed by atoms with Crippen LogP contribution in [-0.2, 0) is 17.6 Å². The summed E-state index contributed by atoms with van der Waals surface area (Å²) in [6.07, 6.45) is 2.71. The summed E-state index contributed by atoms with van der Waals surface area (Å²) in [6.45, 7) is 4.10. The molecule has 5 heteroatoms. The zero-order valence-corrected chi connectivity index (χ0v) is 16.0. The number of rotatable bonds is 5. The van der Waals surface area contributed by atoms with Gasteiger partial charge >= 0.3 is 0 Å². The molecule has 2 heterocycles. The average molecular weight is 370 g/mol. The van der Waals surface area contributed by atoms with Crippen LogP contribution in [0, 0.1) is 13.8 Å². The molecule has 140 valence electrons. The smallest absolute Gasteiger partial charge is 0.174 e. The summed E-state index contributed by atoms with van der Waals surface area (Å²) >= 11 is 0. The molecule has 2 aromatic carbocycles. The van der Waals surface area contributed by atoms with E-state index in [4.69, 9.17) is 5.73 Å². The summed E-state index contributed by atoms with van der Waals surface area (Å²) in [5, 5.41) is 7.95. The lowest BCUT2D eigenvalue weighted by Gasteiger charge is -2.08. The molecule has 0 aliphatic heterocycles. The van der Waals surface area contributed by atoms with Crippen molar-refractivity contribution in [1.82, 2.24) is 14.8 Å². The lowest BCUT2D eigenvalue weighted by Crippen LogP contribution is -2.08. The third kappa shape index (κ3) is 3.51. The minimum absolute atomic E-state index is 0.216. The van der Waals surface area contributed by atoms with Crippen molar-refractivity contribution < 1.29 is 4.79 Å². The number of aromatic nitrogens is 3. The Morgan fingerprint density at radius 2 is 1.82 bits per heavy atom. The van der Waals surface area contributed by atoms with Gasteiger partial charge in [0.1, 0.15) is 11.3 Å². The summed E-state index contributed by atoms with van der Waals surface area (Å²) in [5.41, 5.74) is 13.2. The number of hydrogen-bond donors (Lipinski definition) is 1.